The SMILES string of the molecule is [2H]c1c([2H])c([2H])c2c(-c3c4c([2H])c([2H])c([2H])c([2H])c4c(-c4ccccc4-n4c(C)nc5ccccc54)c4c([2H])c([2H])c([2H])c([2H])c34)c([2H])c([2H])c([2H])c2c1[2H]. The number of aryl methyl sites for hydroxylation is 1. The van der Waals surface area contributed by atoms with E-state index in [2.05, 4.69) is 0 Å². The second kappa shape index (κ2) is 8.93. The second-order valence-electron chi connectivity index (χ2n) is 9.25. The van der Waals surface area contributed by atoms with Gasteiger partial charge in [0.1, 0.15) is 5.82 Å². The lowest BCUT2D eigenvalue weighted by Gasteiger charge is -2.21. The molecule has 0 amide bonds. The number of fused-ring (bicyclic) bond motifs is 4. The molecule has 8 aromatic rings. The number of rotatable bonds is 3. The van der Waals surface area contributed by atoms with Crippen molar-refractivity contribution >= 4 is 43.4 Å². The zero-order valence-corrected chi connectivity index (χ0v) is 21.0. The maximum Gasteiger partial charge on any atom is 0.111 e. The van der Waals surface area contributed by atoms with Crippen molar-refractivity contribution in [3.05, 3.63) is 145 Å². The molecule has 0 aliphatic carbocycles. The summed E-state index contributed by atoms with van der Waals surface area (Å²) in [6.07, 6.45) is 0. The predicted molar refractivity (Wildman–Crippen MR) is 169 cm³/mol. The Labute approximate surface area is 253 Å². The van der Waals surface area contributed by atoms with Crippen LogP contribution in [0.25, 0.3) is 71.3 Å². The average molecular weight is 526 g/mol. The molecule has 2 heteroatoms. The average Bonchev–Trinajstić information content (AvgIpc) is 3.52. The molecule has 0 saturated carbocycles. The molecule has 7 aromatic carbocycles. The van der Waals surface area contributed by atoms with Crippen LogP contribution in [0.2, 0.25) is 0 Å². The van der Waals surface area contributed by atoms with Crippen molar-refractivity contribution in [3.63, 3.8) is 0 Å². The first-order valence-corrected chi connectivity index (χ1v) is 12.5. The van der Waals surface area contributed by atoms with Crippen LogP contribution in [0.5, 0.6) is 0 Å². The zero-order valence-electron chi connectivity index (χ0n) is 36.0. The number of nitrogens with zero attached hydrogens (tertiary/aromatic N) is 2. The van der Waals surface area contributed by atoms with Gasteiger partial charge in [-0.1, -0.05) is 121 Å². The zero-order chi connectivity index (χ0) is 39.7. The molecule has 0 spiro atoms. The highest BCUT2D eigenvalue weighted by Crippen LogP contribution is 2.46. The molecule has 0 unspecified atom stereocenters. The number of imidazole rings is 1. The van der Waals surface area contributed by atoms with Crippen molar-refractivity contribution < 1.29 is 20.6 Å². The van der Waals surface area contributed by atoms with Gasteiger partial charge in [0.15, 0.2) is 0 Å². The third kappa shape index (κ3) is 3.33. The Morgan fingerprint density at radius 1 is 0.550 bits per heavy atom. The Morgan fingerprint density at radius 3 is 1.82 bits per heavy atom. The van der Waals surface area contributed by atoms with Crippen LogP contribution < -0.4 is 0 Å². The van der Waals surface area contributed by atoms with Crippen LogP contribution in [-0.4, -0.2) is 9.55 Å². The summed E-state index contributed by atoms with van der Waals surface area (Å²) < 4.78 is 136. The summed E-state index contributed by atoms with van der Waals surface area (Å²) in [5.74, 6) is 0.556. The van der Waals surface area contributed by atoms with E-state index >= 15 is 0 Å². The van der Waals surface area contributed by atoms with E-state index in [1.807, 2.05) is 28.8 Å². The molecule has 0 aliphatic rings. The van der Waals surface area contributed by atoms with Gasteiger partial charge in [-0.15, -0.1) is 0 Å². The van der Waals surface area contributed by atoms with Crippen molar-refractivity contribution in [2.24, 2.45) is 0 Å². The highest BCUT2D eigenvalue weighted by atomic mass is 15.1. The van der Waals surface area contributed by atoms with E-state index in [4.69, 9.17) is 18.7 Å². The van der Waals surface area contributed by atoms with Crippen molar-refractivity contribution in [2.75, 3.05) is 0 Å². The Kier molecular flexibility index (Phi) is 2.75. The summed E-state index contributed by atoms with van der Waals surface area (Å²) in [7, 11) is 0. The van der Waals surface area contributed by atoms with Crippen LogP contribution in [0.15, 0.2) is 139 Å². The number of benzene rings is 7. The molecule has 8 rings (SSSR count). The van der Waals surface area contributed by atoms with E-state index in [0.717, 1.165) is 0 Å². The van der Waals surface area contributed by atoms with E-state index in [0.29, 0.717) is 28.1 Å². The minimum Gasteiger partial charge on any atom is -0.296 e. The molecule has 0 fully saturated rings. The van der Waals surface area contributed by atoms with Gasteiger partial charge < -0.3 is 0 Å². The molecule has 1 aromatic heterocycles. The summed E-state index contributed by atoms with van der Waals surface area (Å²) in [6, 6.07) is 3.98. The van der Waals surface area contributed by atoms with Crippen LogP contribution in [0.1, 0.15) is 26.4 Å². The Bertz CT molecular complexity index is 2970. The molecule has 40 heavy (non-hydrogen) atoms. The quantitative estimate of drug-likeness (QED) is 0.210. The lowest BCUT2D eigenvalue weighted by atomic mass is 9.84. The Balaban J connectivity index is 1.75. The van der Waals surface area contributed by atoms with Crippen LogP contribution in [0.3, 0.4) is 0 Å². The van der Waals surface area contributed by atoms with E-state index in [9.17, 15) is 6.85 Å². The third-order valence-electron chi connectivity index (χ3n) is 7.08. The molecule has 0 atom stereocenters. The van der Waals surface area contributed by atoms with Gasteiger partial charge in [0.25, 0.3) is 0 Å². The number of aromatic nitrogens is 2. The van der Waals surface area contributed by atoms with Crippen LogP contribution in [0.4, 0.5) is 0 Å². The smallest absolute Gasteiger partial charge is 0.111 e. The summed E-state index contributed by atoms with van der Waals surface area (Å²) in [6.45, 7) is 1.78. The molecule has 0 saturated heterocycles. The maximum absolute atomic E-state index is 9.38. The number of hydrogen-bond acceptors (Lipinski definition) is 1. The number of para-hydroxylation sites is 3. The van der Waals surface area contributed by atoms with Crippen molar-refractivity contribution in [3.8, 4) is 27.9 Å². The maximum atomic E-state index is 9.38. The van der Waals surface area contributed by atoms with Crippen molar-refractivity contribution in [1.29, 1.82) is 0 Å². The summed E-state index contributed by atoms with van der Waals surface area (Å²) >= 11 is 0. The minimum atomic E-state index is -0.757. The molecule has 0 aliphatic heterocycles. The van der Waals surface area contributed by atoms with E-state index in [1.165, 1.54) is 0 Å². The van der Waals surface area contributed by atoms with Gasteiger partial charge in [0.05, 0.1) is 37.3 Å². The fourth-order valence-corrected chi connectivity index (χ4v) is 5.47. The third-order valence-corrected chi connectivity index (χ3v) is 7.08. The lowest BCUT2D eigenvalue weighted by Crippen LogP contribution is -2.00. The van der Waals surface area contributed by atoms with Gasteiger partial charge in [-0.25, -0.2) is 4.98 Å². The van der Waals surface area contributed by atoms with Crippen LogP contribution in [-0.2, 0) is 0 Å². The summed E-state index contributed by atoms with van der Waals surface area (Å²) in [4.78, 5) is 4.70. The minimum absolute atomic E-state index is 0.0153. The number of hydrogen-bond donors (Lipinski definition) is 0. The van der Waals surface area contributed by atoms with E-state index in [1.54, 1.807) is 31.2 Å². The molecule has 0 bridgehead atoms. The molecule has 0 radical (unpaired) electrons. The Morgan fingerprint density at radius 2 is 1.10 bits per heavy atom. The summed E-state index contributed by atoms with van der Waals surface area (Å²) in [5, 5.41) is -1.83. The molecule has 0 N–H and O–H groups in total. The normalized spacial score (nSPS) is 16.9. The van der Waals surface area contributed by atoms with Gasteiger partial charge in [0.2, 0.25) is 0 Å². The van der Waals surface area contributed by atoms with Gasteiger partial charge >= 0.3 is 0 Å². The highest BCUT2D eigenvalue weighted by Gasteiger charge is 2.20. The monoisotopic (exact) mass is 525 g/mol. The topological polar surface area (TPSA) is 17.8 Å². The standard InChI is InChI=1S/C38H26N2/c1-25-39-34-22-9-11-24-36(34)40(25)35-23-10-8-20-33(35)38-31-18-6-4-16-29(31)37(30-17-5-7-19-32(30)38)28-21-12-14-26-13-2-3-15-27(26)28/h2-24H,1H3/i2D,3D,4D,5D,6D,7D,12D,13D,14D,15D,16D,17D,18D,19D,21D. The lowest BCUT2D eigenvalue weighted by molar-refractivity contribution is 1.00. The molecule has 1 heterocycles. The van der Waals surface area contributed by atoms with Gasteiger partial charge in [-0.3, -0.25) is 4.57 Å². The molecular weight excluding hydrogens is 484 g/mol. The summed E-state index contributed by atoms with van der Waals surface area (Å²) in [5.41, 5.74) is 1.35. The fourth-order valence-electron chi connectivity index (χ4n) is 5.47. The van der Waals surface area contributed by atoms with Gasteiger partial charge in [0, 0.05) is 5.56 Å². The molecule has 2 nitrogen and oxygen atoms in total. The van der Waals surface area contributed by atoms with Crippen molar-refractivity contribution in [1.82, 2.24) is 9.55 Å². The predicted octanol–water partition coefficient (Wildman–Crippen LogP) is 10.1. The molecular formula is C38H26N2. The molecule has 188 valence electrons. The first-order chi connectivity index (χ1) is 26.0. The first kappa shape index (κ1) is 12.3. The fraction of sp³-hybridized carbons (Fsp3) is 0.0263. The van der Waals surface area contributed by atoms with Crippen molar-refractivity contribution in [2.45, 2.75) is 6.92 Å². The van der Waals surface area contributed by atoms with Crippen LogP contribution in [0, 0.1) is 6.92 Å². The highest BCUT2D eigenvalue weighted by molar-refractivity contribution is 6.24. The Hall–Kier alpha value is -5.21. The van der Waals surface area contributed by atoms with Gasteiger partial charge in [-0.2, -0.15) is 0 Å². The van der Waals surface area contributed by atoms with Gasteiger partial charge in [-0.05, 0) is 74.1 Å². The first-order valence-electron chi connectivity index (χ1n) is 20.0. The second-order valence-corrected chi connectivity index (χ2v) is 9.25. The van der Waals surface area contributed by atoms with E-state index in [-0.39, 0.29) is 32.7 Å². The van der Waals surface area contributed by atoms with E-state index < -0.39 is 107 Å². The van der Waals surface area contributed by atoms with Crippen LogP contribution >= 0.6 is 0 Å². The largest absolute Gasteiger partial charge is 0.296 e.